The molecule has 1 fully saturated rings. The minimum Gasteiger partial charge on any atom is -0.495 e. The van der Waals surface area contributed by atoms with Crippen LogP contribution in [0.4, 0.5) is 0 Å². The van der Waals surface area contributed by atoms with Crippen LogP contribution < -0.4 is 9.47 Å². The molecule has 1 N–H and O–H groups in total. The minimum absolute atomic E-state index is 0.0707. The fourth-order valence-electron chi connectivity index (χ4n) is 4.54. The van der Waals surface area contributed by atoms with Crippen molar-refractivity contribution in [3.63, 3.8) is 0 Å². The molecule has 0 aliphatic carbocycles. The molecule has 172 valence electrons. The van der Waals surface area contributed by atoms with Crippen molar-refractivity contribution in [3.05, 3.63) is 51.5 Å². The Kier molecular flexibility index (Phi) is 7.45. The Labute approximate surface area is 203 Å². The van der Waals surface area contributed by atoms with Gasteiger partial charge in [-0.05, 0) is 63.2 Å². The Morgan fingerprint density at radius 3 is 2.75 bits per heavy atom. The monoisotopic (exact) mass is 495 g/mol. The second-order valence-electron chi connectivity index (χ2n) is 8.40. The van der Waals surface area contributed by atoms with Gasteiger partial charge in [0.05, 0.1) is 18.7 Å². The molecule has 0 radical (unpaired) electrons. The molecular formula is C24H27Cl2NO4S. The lowest BCUT2D eigenvalue weighted by atomic mass is 9.74. The number of thioether (sulfide) groups is 1. The number of carboxylic acids is 1. The topological polar surface area (TPSA) is 59.0 Å². The van der Waals surface area contributed by atoms with Gasteiger partial charge < -0.3 is 19.5 Å². The van der Waals surface area contributed by atoms with Crippen LogP contribution in [0.2, 0.25) is 10.0 Å². The molecule has 0 saturated carbocycles. The van der Waals surface area contributed by atoms with Gasteiger partial charge in [0.1, 0.15) is 11.5 Å². The summed E-state index contributed by atoms with van der Waals surface area (Å²) in [7, 11) is 1.60. The largest absolute Gasteiger partial charge is 0.495 e. The molecule has 0 amide bonds. The Morgan fingerprint density at radius 2 is 2.03 bits per heavy atom. The maximum atomic E-state index is 10.7. The van der Waals surface area contributed by atoms with Crippen LogP contribution >= 0.6 is 35.0 Å². The van der Waals surface area contributed by atoms with Gasteiger partial charge in [0.25, 0.3) is 0 Å². The predicted octanol–water partition coefficient (Wildman–Crippen LogP) is 5.89. The Bertz CT molecular complexity index is 992. The summed E-state index contributed by atoms with van der Waals surface area (Å²) in [6.07, 6.45) is 3.01. The van der Waals surface area contributed by atoms with Crippen LogP contribution in [0.25, 0.3) is 0 Å². The normalized spacial score (nSPS) is 17.2. The summed E-state index contributed by atoms with van der Waals surface area (Å²) in [4.78, 5) is 14.2. The number of carboxylic acid groups (broad SMARTS) is 1. The van der Waals surface area contributed by atoms with Gasteiger partial charge in [0.15, 0.2) is 0 Å². The number of hydrogen-bond donors (Lipinski definition) is 1. The van der Waals surface area contributed by atoms with E-state index in [2.05, 4.69) is 23.1 Å². The Balaban J connectivity index is 1.39. The summed E-state index contributed by atoms with van der Waals surface area (Å²) in [5, 5.41) is 10.0. The van der Waals surface area contributed by atoms with Crippen LogP contribution in [0.15, 0.2) is 35.2 Å². The molecule has 2 aliphatic heterocycles. The number of nitrogens with zero attached hydrogens (tertiary/aromatic N) is 1. The number of piperidine rings is 1. The quantitative estimate of drug-likeness (QED) is 0.461. The highest BCUT2D eigenvalue weighted by atomic mass is 35.5. The highest BCUT2D eigenvalue weighted by molar-refractivity contribution is 7.98. The maximum absolute atomic E-state index is 10.7. The Morgan fingerprint density at radius 1 is 1.25 bits per heavy atom. The van der Waals surface area contributed by atoms with Gasteiger partial charge in [0.2, 0.25) is 0 Å². The lowest BCUT2D eigenvalue weighted by Gasteiger charge is -2.38. The van der Waals surface area contributed by atoms with Crippen LogP contribution in [0.5, 0.6) is 11.5 Å². The van der Waals surface area contributed by atoms with E-state index >= 15 is 0 Å². The smallest absolute Gasteiger partial charge is 0.303 e. The van der Waals surface area contributed by atoms with Crippen molar-refractivity contribution in [2.24, 2.45) is 0 Å². The first-order valence-corrected chi connectivity index (χ1v) is 12.5. The lowest BCUT2D eigenvalue weighted by Crippen LogP contribution is -2.43. The summed E-state index contributed by atoms with van der Waals surface area (Å²) in [6.45, 7) is 3.52. The van der Waals surface area contributed by atoms with Crippen molar-refractivity contribution < 1.29 is 19.4 Å². The molecule has 2 aliphatic rings. The number of halogens is 2. The predicted molar refractivity (Wildman–Crippen MR) is 129 cm³/mol. The molecule has 2 heterocycles. The number of ether oxygens (including phenoxy) is 2. The van der Waals surface area contributed by atoms with Gasteiger partial charge in [0, 0.05) is 38.6 Å². The van der Waals surface area contributed by atoms with Crippen molar-refractivity contribution in [2.75, 3.05) is 33.4 Å². The molecule has 8 heteroatoms. The van der Waals surface area contributed by atoms with Crippen molar-refractivity contribution in [2.45, 2.75) is 41.7 Å². The molecule has 32 heavy (non-hydrogen) atoms. The highest BCUT2D eigenvalue weighted by Gasteiger charge is 2.42. The minimum atomic E-state index is -0.721. The van der Waals surface area contributed by atoms with Gasteiger partial charge in [-0.25, -0.2) is 0 Å². The van der Waals surface area contributed by atoms with E-state index in [9.17, 15) is 4.79 Å². The lowest BCUT2D eigenvalue weighted by molar-refractivity contribution is -0.137. The van der Waals surface area contributed by atoms with Crippen molar-refractivity contribution in [1.82, 2.24) is 4.90 Å². The van der Waals surface area contributed by atoms with Gasteiger partial charge >= 0.3 is 5.97 Å². The number of fused-ring (bicyclic) bond motifs is 2. The van der Waals surface area contributed by atoms with Crippen LogP contribution in [0.3, 0.4) is 0 Å². The standard InChI is InChI=1S/C24H27Cl2NO4S/c1-30-20-7-6-19(25)17(23(20)26)14-32-16-4-5-18-21(13-16)31-15-24(18)8-11-27(12-9-24)10-2-3-22(28)29/h4-7,13H,2-3,8-12,14-15H2,1H3,(H,28,29). The zero-order chi connectivity index (χ0) is 22.7. The van der Waals surface area contributed by atoms with Gasteiger partial charge in [-0.3, -0.25) is 4.79 Å². The first-order chi connectivity index (χ1) is 15.4. The SMILES string of the molecule is COc1ccc(Cl)c(CSc2ccc3c(c2)OCC32CCN(CCCC(=O)O)CC2)c1Cl. The molecule has 4 rings (SSSR count). The molecule has 0 unspecified atom stereocenters. The van der Waals surface area contributed by atoms with Gasteiger partial charge in [-0.15, -0.1) is 11.8 Å². The van der Waals surface area contributed by atoms with E-state index in [0.29, 0.717) is 34.6 Å². The van der Waals surface area contributed by atoms with E-state index in [1.807, 2.05) is 6.07 Å². The molecule has 2 aromatic carbocycles. The third-order valence-corrected chi connectivity index (χ3v) is 8.25. The summed E-state index contributed by atoms with van der Waals surface area (Å²) in [5.41, 5.74) is 2.23. The fourth-order valence-corrected chi connectivity index (χ4v) is 6.24. The van der Waals surface area contributed by atoms with Crippen molar-refractivity contribution >= 4 is 40.9 Å². The second kappa shape index (κ2) is 10.1. The third kappa shape index (κ3) is 4.98. The molecule has 1 saturated heterocycles. The number of benzene rings is 2. The van der Waals surface area contributed by atoms with Crippen molar-refractivity contribution in [1.29, 1.82) is 0 Å². The average molecular weight is 496 g/mol. The molecule has 1 spiro atoms. The number of rotatable bonds is 8. The third-order valence-electron chi connectivity index (χ3n) is 6.46. The van der Waals surface area contributed by atoms with E-state index in [-0.39, 0.29) is 11.8 Å². The number of likely N-dealkylation sites (tertiary alicyclic amines) is 1. The molecule has 2 aromatic rings. The van der Waals surface area contributed by atoms with E-state index < -0.39 is 5.97 Å². The van der Waals surface area contributed by atoms with Crippen LogP contribution in [0, 0.1) is 0 Å². The summed E-state index contributed by atoms with van der Waals surface area (Å²) in [6, 6.07) is 10.1. The van der Waals surface area contributed by atoms with E-state index in [1.54, 1.807) is 24.9 Å². The average Bonchev–Trinajstić information content (AvgIpc) is 3.12. The second-order valence-corrected chi connectivity index (χ2v) is 10.2. The van der Waals surface area contributed by atoms with E-state index in [0.717, 1.165) is 48.7 Å². The van der Waals surface area contributed by atoms with E-state index in [4.69, 9.17) is 37.8 Å². The first-order valence-electron chi connectivity index (χ1n) is 10.8. The molecule has 5 nitrogen and oxygen atoms in total. The Hall–Kier alpha value is -1.60. The summed E-state index contributed by atoms with van der Waals surface area (Å²) in [5.74, 6) is 1.52. The molecule has 0 bridgehead atoms. The van der Waals surface area contributed by atoms with Crippen LogP contribution in [0.1, 0.15) is 36.8 Å². The number of hydrogen-bond acceptors (Lipinski definition) is 5. The first kappa shape index (κ1) is 23.6. The van der Waals surface area contributed by atoms with Crippen LogP contribution in [-0.2, 0) is 16.0 Å². The maximum Gasteiger partial charge on any atom is 0.303 e. The molecule has 0 aromatic heterocycles. The zero-order valence-electron chi connectivity index (χ0n) is 18.0. The number of carbonyl (C=O) groups is 1. The van der Waals surface area contributed by atoms with Gasteiger partial charge in [-0.2, -0.15) is 0 Å². The highest BCUT2D eigenvalue weighted by Crippen LogP contribution is 2.47. The molecular weight excluding hydrogens is 469 g/mol. The zero-order valence-corrected chi connectivity index (χ0v) is 20.4. The number of aliphatic carboxylic acids is 1. The summed E-state index contributed by atoms with van der Waals surface area (Å²) >= 11 is 14.5. The van der Waals surface area contributed by atoms with Crippen molar-refractivity contribution in [3.8, 4) is 11.5 Å². The van der Waals surface area contributed by atoms with Crippen LogP contribution in [-0.4, -0.2) is 49.3 Å². The van der Waals surface area contributed by atoms with E-state index in [1.165, 1.54) is 5.56 Å². The number of methoxy groups -OCH3 is 1. The summed E-state index contributed by atoms with van der Waals surface area (Å²) < 4.78 is 11.4. The molecule has 0 atom stereocenters. The fraction of sp³-hybridized carbons (Fsp3) is 0.458. The van der Waals surface area contributed by atoms with Gasteiger partial charge in [-0.1, -0.05) is 29.3 Å².